The molecule has 4 nitrogen and oxygen atoms in total. The highest BCUT2D eigenvalue weighted by molar-refractivity contribution is 5.98. The third-order valence-electron chi connectivity index (χ3n) is 2.41. The van der Waals surface area contributed by atoms with E-state index in [4.69, 9.17) is 0 Å². The number of ether oxygens (including phenoxy) is 1. The van der Waals surface area contributed by atoms with Crippen LogP contribution in [0.25, 0.3) is 0 Å². The molecule has 0 saturated carbocycles. The zero-order chi connectivity index (χ0) is 11.6. The first kappa shape index (κ1) is 11.5. The number of nitrogens with one attached hydrogen (secondary N) is 1. The molecule has 0 radical (unpaired) electrons. The summed E-state index contributed by atoms with van der Waals surface area (Å²) in [7, 11) is 1.34. The molecule has 82 valence electrons. The van der Waals surface area contributed by atoms with Crippen LogP contribution in [0, 0.1) is 13.8 Å². The van der Waals surface area contributed by atoms with Gasteiger partial charge >= 0.3 is 5.97 Å². The fourth-order valence-electron chi connectivity index (χ4n) is 1.75. The number of ketones is 1. The molecule has 0 atom stereocenters. The van der Waals surface area contributed by atoms with Gasteiger partial charge in [-0.25, -0.2) is 0 Å². The quantitative estimate of drug-likeness (QED) is 0.607. The van der Waals surface area contributed by atoms with E-state index >= 15 is 0 Å². The SMILES string of the molecule is COC(=O)Cc1c(C)[nH]c(C)c1C(C)=O. The number of H-pyrrole nitrogens is 1. The summed E-state index contributed by atoms with van der Waals surface area (Å²) in [4.78, 5) is 25.6. The maximum atomic E-state index is 11.4. The summed E-state index contributed by atoms with van der Waals surface area (Å²) in [6, 6.07) is 0. The predicted molar refractivity (Wildman–Crippen MR) is 56.0 cm³/mol. The van der Waals surface area contributed by atoms with E-state index < -0.39 is 0 Å². The molecule has 0 amide bonds. The average Bonchev–Trinajstić information content (AvgIpc) is 2.41. The van der Waals surface area contributed by atoms with Gasteiger partial charge in [0.2, 0.25) is 0 Å². The average molecular weight is 209 g/mol. The Morgan fingerprint density at radius 3 is 2.33 bits per heavy atom. The van der Waals surface area contributed by atoms with Gasteiger partial charge in [-0.05, 0) is 26.3 Å². The van der Waals surface area contributed by atoms with E-state index in [0.717, 1.165) is 17.0 Å². The number of carbonyl (C=O) groups excluding carboxylic acids is 2. The maximum absolute atomic E-state index is 11.4. The van der Waals surface area contributed by atoms with Gasteiger partial charge in [-0.3, -0.25) is 9.59 Å². The second-order valence-electron chi connectivity index (χ2n) is 3.54. The summed E-state index contributed by atoms with van der Waals surface area (Å²) in [6.45, 7) is 5.17. The minimum Gasteiger partial charge on any atom is -0.469 e. The van der Waals surface area contributed by atoms with Crippen molar-refractivity contribution in [3.8, 4) is 0 Å². The van der Waals surface area contributed by atoms with Gasteiger partial charge in [0.05, 0.1) is 13.5 Å². The molecule has 0 aliphatic heterocycles. The molecule has 0 saturated heterocycles. The van der Waals surface area contributed by atoms with Crippen molar-refractivity contribution in [1.29, 1.82) is 0 Å². The fraction of sp³-hybridized carbons (Fsp3) is 0.455. The molecule has 1 aromatic rings. The van der Waals surface area contributed by atoms with E-state index in [1.165, 1.54) is 14.0 Å². The van der Waals surface area contributed by atoms with Crippen molar-refractivity contribution in [2.75, 3.05) is 7.11 Å². The lowest BCUT2D eigenvalue weighted by Crippen LogP contribution is -2.08. The van der Waals surface area contributed by atoms with Crippen molar-refractivity contribution in [2.45, 2.75) is 27.2 Å². The standard InChI is InChI=1S/C11H15NO3/c1-6-9(5-10(14)15-4)11(8(3)13)7(2)12-6/h12H,5H2,1-4H3. The third-order valence-corrected chi connectivity index (χ3v) is 2.41. The first-order valence-corrected chi connectivity index (χ1v) is 4.73. The van der Waals surface area contributed by atoms with Crippen molar-refractivity contribution in [3.63, 3.8) is 0 Å². The lowest BCUT2D eigenvalue weighted by molar-refractivity contribution is -0.139. The summed E-state index contributed by atoms with van der Waals surface area (Å²) in [5.41, 5.74) is 3.01. The van der Waals surface area contributed by atoms with Crippen molar-refractivity contribution in [2.24, 2.45) is 0 Å². The van der Waals surface area contributed by atoms with Gasteiger partial charge in [-0.2, -0.15) is 0 Å². The number of carbonyl (C=O) groups is 2. The van der Waals surface area contributed by atoms with Crippen LogP contribution in [-0.2, 0) is 16.0 Å². The topological polar surface area (TPSA) is 59.2 Å². The van der Waals surface area contributed by atoms with Gasteiger partial charge in [0.1, 0.15) is 0 Å². The molecule has 15 heavy (non-hydrogen) atoms. The van der Waals surface area contributed by atoms with Gasteiger partial charge in [-0.15, -0.1) is 0 Å². The summed E-state index contributed by atoms with van der Waals surface area (Å²) in [5, 5.41) is 0. The van der Waals surface area contributed by atoms with Gasteiger partial charge in [0.15, 0.2) is 5.78 Å². The maximum Gasteiger partial charge on any atom is 0.310 e. The summed E-state index contributed by atoms with van der Waals surface area (Å²) >= 11 is 0. The highest BCUT2D eigenvalue weighted by Gasteiger charge is 2.18. The van der Waals surface area contributed by atoms with E-state index in [1.54, 1.807) is 0 Å². The summed E-state index contributed by atoms with van der Waals surface area (Å²) in [6.07, 6.45) is 0.140. The van der Waals surface area contributed by atoms with Crippen LogP contribution in [0.1, 0.15) is 34.2 Å². The number of hydrogen-bond acceptors (Lipinski definition) is 3. The molecule has 0 unspecified atom stereocenters. The third kappa shape index (κ3) is 2.26. The van der Waals surface area contributed by atoms with Crippen LogP contribution in [0.3, 0.4) is 0 Å². The Labute approximate surface area is 88.6 Å². The number of Topliss-reactive ketones (excluding diaryl/α,β-unsaturated/α-hetero) is 1. The highest BCUT2D eigenvalue weighted by atomic mass is 16.5. The highest BCUT2D eigenvalue weighted by Crippen LogP contribution is 2.19. The monoisotopic (exact) mass is 209 g/mol. The summed E-state index contributed by atoms with van der Waals surface area (Å²) in [5.74, 6) is -0.365. The van der Waals surface area contributed by atoms with E-state index in [9.17, 15) is 9.59 Å². The van der Waals surface area contributed by atoms with Crippen LogP contribution in [0.2, 0.25) is 0 Å². The lowest BCUT2D eigenvalue weighted by atomic mass is 10.0. The summed E-state index contributed by atoms with van der Waals surface area (Å²) < 4.78 is 4.59. The largest absolute Gasteiger partial charge is 0.469 e. The molecule has 1 N–H and O–H groups in total. The molecule has 0 aromatic carbocycles. The van der Waals surface area contributed by atoms with Crippen LogP contribution in [0.4, 0.5) is 0 Å². The first-order valence-electron chi connectivity index (χ1n) is 4.73. The number of aromatic nitrogens is 1. The molecule has 0 aliphatic carbocycles. The number of hydrogen-bond donors (Lipinski definition) is 1. The Bertz CT molecular complexity index is 404. The Hall–Kier alpha value is -1.58. The molecule has 0 aliphatic rings. The predicted octanol–water partition coefficient (Wildman–Crippen LogP) is 1.55. The Kier molecular flexibility index (Phi) is 3.29. The lowest BCUT2D eigenvalue weighted by Gasteiger charge is -2.02. The van der Waals surface area contributed by atoms with Crippen LogP contribution >= 0.6 is 0 Å². The minimum atomic E-state index is -0.334. The van der Waals surface area contributed by atoms with E-state index in [1.807, 2.05) is 13.8 Å². The van der Waals surface area contributed by atoms with Gasteiger partial charge in [0.25, 0.3) is 0 Å². The number of aromatic amines is 1. The Balaban J connectivity index is 3.15. The molecule has 1 aromatic heterocycles. The number of aryl methyl sites for hydroxylation is 2. The molecule has 4 heteroatoms. The Morgan fingerprint density at radius 2 is 1.87 bits per heavy atom. The molecule has 0 bridgehead atoms. The van der Waals surface area contributed by atoms with Gasteiger partial charge in [0, 0.05) is 17.0 Å². The molecule has 0 fully saturated rings. The second-order valence-corrected chi connectivity index (χ2v) is 3.54. The zero-order valence-electron chi connectivity index (χ0n) is 9.43. The van der Waals surface area contributed by atoms with Gasteiger partial charge in [-0.1, -0.05) is 0 Å². The molecule has 1 heterocycles. The van der Waals surface area contributed by atoms with Crippen molar-refractivity contribution < 1.29 is 14.3 Å². The molecule has 0 spiro atoms. The van der Waals surface area contributed by atoms with Crippen molar-refractivity contribution in [1.82, 2.24) is 4.98 Å². The number of methoxy groups -OCH3 is 1. The van der Waals surface area contributed by atoms with E-state index in [-0.39, 0.29) is 18.2 Å². The van der Waals surface area contributed by atoms with Crippen molar-refractivity contribution >= 4 is 11.8 Å². The molecular weight excluding hydrogens is 194 g/mol. The fourth-order valence-corrected chi connectivity index (χ4v) is 1.75. The Morgan fingerprint density at radius 1 is 1.27 bits per heavy atom. The minimum absolute atomic E-state index is 0.0317. The smallest absolute Gasteiger partial charge is 0.310 e. The normalized spacial score (nSPS) is 10.1. The van der Waals surface area contributed by atoms with Crippen LogP contribution in [0.15, 0.2) is 0 Å². The van der Waals surface area contributed by atoms with Crippen LogP contribution in [-0.4, -0.2) is 23.8 Å². The van der Waals surface area contributed by atoms with Crippen LogP contribution < -0.4 is 0 Å². The number of esters is 1. The number of rotatable bonds is 3. The zero-order valence-corrected chi connectivity index (χ0v) is 9.43. The second kappa shape index (κ2) is 4.29. The van der Waals surface area contributed by atoms with Gasteiger partial charge < -0.3 is 9.72 Å². The first-order chi connectivity index (χ1) is 6.97. The van der Waals surface area contributed by atoms with Crippen LogP contribution in [0.5, 0.6) is 0 Å². The van der Waals surface area contributed by atoms with Crippen molar-refractivity contribution in [3.05, 3.63) is 22.5 Å². The van der Waals surface area contributed by atoms with E-state index in [0.29, 0.717) is 5.56 Å². The van der Waals surface area contributed by atoms with E-state index in [2.05, 4.69) is 9.72 Å². The molecule has 1 rings (SSSR count). The molecular formula is C11H15NO3.